The molecule has 0 aliphatic rings. The van der Waals surface area contributed by atoms with E-state index >= 15 is 0 Å². The second-order valence-corrected chi connectivity index (χ2v) is 6.53. The molecule has 0 bridgehead atoms. The van der Waals surface area contributed by atoms with Gasteiger partial charge in [0.25, 0.3) is 0 Å². The third-order valence-corrected chi connectivity index (χ3v) is 4.17. The van der Waals surface area contributed by atoms with Crippen LogP contribution in [-0.2, 0) is 0 Å². The van der Waals surface area contributed by atoms with E-state index in [0.717, 1.165) is 21.3 Å². The van der Waals surface area contributed by atoms with Gasteiger partial charge in [0, 0.05) is 41.2 Å². The number of H-pyrrole nitrogens is 1. The van der Waals surface area contributed by atoms with E-state index in [0.29, 0.717) is 35.6 Å². The van der Waals surface area contributed by atoms with Crippen LogP contribution in [0.25, 0.3) is 22.6 Å². The van der Waals surface area contributed by atoms with Gasteiger partial charge in [-0.3, -0.25) is 0 Å². The van der Waals surface area contributed by atoms with Crippen LogP contribution in [0.3, 0.4) is 0 Å². The van der Waals surface area contributed by atoms with Gasteiger partial charge < -0.3 is 16.0 Å². The maximum atomic E-state index is 6.42. The Balaban J connectivity index is 2.15. The number of hydrogen-bond acceptors (Lipinski definition) is 5. The van der Waals surface area contributed by atoms with Gasteiger partial charge in [-0.25, -0.2) is 15.0 Å². The van der Waals surface area contributed by atoms with Gasteiger partial charge in [-0.2, -0.15) is 0 Å². The molecule has 0 atom stereocenters. The molecular formula is C16H16BrClN6. The standard InChI is InChI=1S/C16H16BrClN6/c1-9-7-21-15(23-9)12-8-22-16(20-5-4-19)24-14(12)11-3-2-10(17)6-13(11)18/h2-3,6-8H,4-5,19H2,1H3,(H,21,23)(H,20,22,24). The Kier molecular flexibility index (Phi) is 5.13. The van der Waals surface area contributed by atoms with Crippen molar-refractivity contribution in [3.8, 4) is 22.6 Å². The lowest BCUT2D eigenvalue weighted by Gasteiger charge is -2.11. The van der Waals surface area contributed by atoms with Crippen LogP contribution in [0.4, 0.5) is 5.95 Å². The largest absolute Gasteiger partial charge is 0.353 e. The van der Waals surface area contributed by atoms with E-state index in [1.165, 1.54) is 0 Å². The molecule has 0 amide bonds. The second kappa shape index (κ2) is 7.29. The molecule has 0 saturated carbocycles. The molecule has 4 N–H and O–H groups in total. The number of hydrogen-bond donors (Lipinski definition) is 3. The van der Waals surface area contributed by atoms with E-state index in [1.54, 1.807) is 12.4 Å². The molecule has 0 spiro atoms. The first-order valence-corrected chi connectivity index (χ1v) is 8.54. The van der Waals surface area contributed by atoms with E-state index in [2.05, 4.69) is 41.2 Å². The minimum atomic E-state index is 0.497. The number of aryl methyl sites for hydroxylation is 1. The zero-order chi connectivity index (χ0) is 17.1. The second-order valence-electron chi connectivity index (χ2n) is 5.21. The highest BCUT2D eigenvalue weighted by Crippen LogP contribution is 2.35. The highest BCUT2D eigenvalue weighted by atomic mass is 79.9. The summed E-state index contributed by atoms with van der Waals surface area (Å²) >= 11 is 9.85. The van der Waals surface area contributed by atoms with Crippen LogP contribution < -0.4 is 11.1 Å². The lowest BCUT2D eigenvalue weighted by molar-refractivity contribution is 0.990. The lowest BCUT2D eigenvalue weighted by Crippen LogP contribution is -2.15. The molecule has 0 aliphatic heterocycles. The molecule has 0 aliphatic carbocycles. The Hall–Kier alpha value is -1.96. The fourth-order valence-corrected chi connectivity index (χ4v) is 3.02. The van der Waals surface area contributed by atoms with Gasteiger partial charge >= 0.3 is 0 Å². The molecule has 24 heavy (non-hydrogen) atoms. The van der Waals surface area contributed by atoms with E-state index in [-0.39, 0.29) is 0 Å². The maximum absolute atomic E-state index is 6.42. The van der Waals surface area contributed by atoms with Crippen molar-refractivity contribution < 1.29 is 0 Å². The average Bonchev–Trinajstić information content (AvgIpc) is 2.99. The van der Waals surface area contributed by atoms with Crippen molar-refractivity contribution in [3.05, 3.63) is 45.8 Å². The van der Waals surface area contributed by atoms with Crippen LogP contribution in [0, 0.1) is 6.92 Å². The summed E-state index contributed by atoms with van der Waals surface area (Å²) in [5.41, 5.74) is 8.79. The first-order valence-electron chi connectivity index (χ1n) is 7.37. The molecule has 2 aromatic heterocycles. The topological polar surface area (TPSA) is 92.5 Å². The van der Waals surface area contributed by atoms with Crippen LogP contribution in [-0.4, -0.2) is 33.0 Å². The van der Waals surface area contributed by atoms with Crippen LogP contribution in [0.1, 0.15) is 5.69 Å². The Morgan fingerprint density at radius 2 is 2.08 bits per heavy atom. The average molecular weight is 408 g/mol. The minimum Gasteiger partial charge on any atom is -0.353 e. The van der Waals surface area contributed by atoms with Crippen molar-refractivity contribution in [1.29, 1.82) is 0 Å². The zero-order valence-corrected chi connectivity index (χ0v) is 15.3. The summed E-state index contributed by atoms with van der Waals surface area (Å²) in [6.45, 7) is 3.03. The fourth-order valence-electron chi connectivity index (χ4n) is 2.26. The molecule has 0 saturated heterocycles. The number of halogens is 2. The molecule has 0 fully saturated rings. The van der Waals surface area contributed by atoms with E-state index < -0.39 is 0 Å². The number of imidazole rings is 1. The molecule has 3 aromatic rings. The highest BCUT2D eigenvalue weighted by Gasteiger charge is 2.16. The molecule has 6 nitrogen and oxygen atoms in total. The van der Waals surface area contributed by atoms with Crippen molar-refractivity contribution in [2.75, 3.05) is 18.4 Å². The summed E-state index contributed by atoms with van der Waals surface area (Å²) in [6.07, 6.45) is 3.50. The number of nitrogens with two attached hydrogens (primary N) is 1. The SMILES string of the molecule is Cc1cnc(-c2cnc(NCCN)nc2-c2ccc(Br)cc2Cl)[nH]1. The summed E-state index contributed by atoms with van der Waals surface area (Å²) in [6, 6.07) is 5.68. The normalized spacial score (nSPS) is 10.8. The van der Waals surface area contributed by atoms with Crippen LogP contribution in [0.2, 0.25) is 5.02 Å². The van der Waals surface area contributed by atoms with Crippen LogP contribution in [0.15, 0.2) is 35.1 Å². The Bertz CT molecular complexity index is 864. The predicted octanol–water partition coefficient (Wildman–Crippen LogP) is 3.63. The maximum Gasteiger partial charge on any atom is 0.223 e. The van der Waals surface area contributed by atoms with Crippen LogP contribution >= 0.6 is 27.5 Å². The number of aromatic amines is 1. The smallest absolute Gasteiger partial charge is 0.223 e. The first-order chi connectivity index (χ1) is 11.6. The van der Waals surface area contributed by atoms with Gasteiger partial charge in [-0.15, -0.1) is 0 Å². The minimum absolute atomic E-state index is 0.497. The van der Waals surface area contributed by atoms with Crippen molar-refractivity contribution in [3.63, 3.8) is 0 Å². The number of aromatic nitrogens is 4. The summed E-state index contributed by atoms with van der Waals surface area (Å²) < 4.78 is 0.905. The molecule has 0 radical (unpaired) electrons. The van der Waals surface area contributed by atoms with Crippen molar-refractivity contribution in [1.82, 2.24) is 19.9 Å². The van der Waals surface area contributed by atoms with Crippen molar-refractivity contribution >= 4 is 33.5 Å². The quantitative estimate of drug-likeness (QED) is 0.600. The van der Waals surface area contributed by atoms with E-state index in [4.69, 9.17) is 17.3 Å². The Morgan fingerprint density at radius 1 is 1.25 bits per heavy atom. The first kappa shape index (κ1) is 16.9. The summed E-state index contributed by atoms with van der Waals surface area (Å²) in [5.74, 6) is 1.20. The number of anilines is 1. The number of rotatable bonds is 5. The molecule has 8 heteroatoms. The summed E-state index contributed by atoms with van der Waals surface area (Å²) in [5, 5.41) is 3.68. The zero-order valence-electron chi connectivity index (χ0n) is 13.0. The molecule has 0 unspecified atom stereocenters. The van der Waals surface area contributed by atoms with Crippen LogP contribution in [0.5, 0.6) is 0 Å². The van der Waals surface area contributed by atoms with Crippen molar-refractivity contribution in [2.24, 2.45) is 5.73 Å². The van der Waals surface area contributed by atoms with Gasteiger partial charge in [0.2, 0.25) is 5.95 Å². The number of nitrogens with one attached hydrogen (secondary N) is 2. The molecule has 3 rings (SSSR count). The van der Waals surface area contributed by atoms with Gasteiger partial charge in [-0.05, 0) is 19.1 Å². The van der Waals surface area contributed by atoms with Crippen molar-refractivity contribution in [2.45, 2.75) is 6.92 Å². The molecule has 2 heterocycles. The summed E-state index contributed by atoms with van der Waals surface area (Å²) in [7, 11) is 0. The monoisotopic (exact) mass is 406 g/mol. The molecule has 1 aromatic carbocycles. The fraction of sp³-hybridized carbons (Fsp3) is 0.188. The number of benzene rings is 1. The number of nitrogens with zero attached hydrogens (tertiary/aromatic N) is 3. The van der Waals surface area contributed by atoms with Gasteiger partial charge in [-0.1, -0.05) is 33.6 Å². The highest BCUT2D eigenvalue weighted by molar-refractivity contribution is 9.10. The third kappa shape index (κ3) is 3.58. The van der Waals surface area contributed by atoms with Gasteiger partial charge in [0.1, 0.15) is 5.82 Å². The van der Waals surface area contributed by atoms with E-state index in [1.807, 2.05) is 25.1 Å². The van der Waals surface area contributed by atoms with Gasteiger partial charge in [0.05, 0.1) is 16.3 Å². The van der Waals surface area contributed by atoms with E-state index in [9.17, 15) is 0 Å². The summed E-state index contributed by atoms with van der Waals surface area (Å²) in [4.78, 5) is 16.6. The Labute approximate surface area is 153 Å². The lowest BCUT2D eigenvalue weighted by atomic mass is 10.1. The molecular weight excluding hydrogens is 392 g/mol. The van der Waals surface area contributed by atoms with Gasteiger partial charge in [0.15, 0.2) is 0 Å². The molecule has 124 valence electrons. The Morgan fingerprint density at radius 3 is 2.75 bits per heavy atom. The third-order valence-electron chi connectivity index (χ3n) is 3.36. The predicted molar refractivity (Wildman–Crippen MR) is 100 cm³/mol.